The monoisotopic (exact) mass is 248 g/mol. The summed E-state index contributed by atoms with van der Waals surface area (Å²) < 4.78 is 2.03. The van der Waals surface area contributed by atoms with Crippen LogP contribution in [0.15, 0.2) is 30.6 Å². The van der Waals surface area contributed by atoms with Crippen molar-refractivity contribution < 1.29 is 4.79 Å². The van der Waals surface area contributed by atoms with Gasteiger partial charge >= 0.3 is 0 Å². The quantitative estimate of drug-likeness (QED) is 0.618. The predicted octanol–water partition coefficient (Wildman–Crippen LogP) is 2.91. The summed E-state index contributed by atoms with van der Waals surface area (Å²) in [7, 11) is 0. The molecule has 0 N–H and O–H groups in total. The Balaban J connectivity index is 2.57. The van der Waals surface area contributed by atoms with Crippen molar-refractivity contribution in [3.05, 3.63) is 47.5 Å². The van der Waals surface area contributed by atoms with Crippen molar-refractivity contribution in [2.24, 2.45) is 0 Å². The van der Waals surface area contributed by atoms with Crippen molar-refractivity contribution in [1.29, 1.82) is 0 Å². The maximum Gasteiger partial charge on any atom is 0.179 e. The number of hydrogen-bond donors (Lipinski definition) is 0. The maximum atomic E-state index is 11.7. The normalized spacial score (nSPS) is 10.5. The van der Waals surface area contributed by atoms with Gasteiger partial charge in [-0.2, -0.15) is 0 Å². The van der Waals surface area contributed by atoms with E-state index in [1.807, 2.05) is 36.6 Å². The molecule has 2 heterocycles. The minimum atomic E-state index is -0.0416. The second-order valence-corrected chi connectivity index (χ2v) is 4.15. The number of alkyl halides is 1. The zero-order valence-corrected chi connectivity index (χ0v) is 10.5. The van der Waals surface area contributed by atoms with E-state index in [-0.39, 0.29) is 11.7 Å². The van der Waals surface area contributed by atoms with Crippen molar-refractivity contribution in [3.63, 3.8) is 0 Å². The third-order valence-corrected chi connectivity index (χ3v) is 3.02. The van der Waals surface area contributed by atoms with Crippen LogP contribution in [0.2, 0.25) is 0 Å². The number of rotatable bonds is 3. The van der Waals surface area contributed by atoms with E-state index in [2.05, 4.69) is 4.98 Å². The Morgan fingerprint density at radius 2 is 2.00 bits per heavy atom. The minimum absolute atomic E-state index is 0.0145. The van der Waals surface area contributed by atoms with E-state index in [9.17, 15) is 4.79 Å². The molecule has 0 spiro atoms. The van der Waals surface area contributed by atoms with Gasteiger partial charge in [0, 0.05) is 35.0 Å². The van der Waals surface area contributed by atoms with E-state index in [1.54, 1.807) is 12.4 Å². The van der Waals surface area contributed by atoms with Gasteiger partial charge < -0.3 is 4.57 Å². The molecule has 4 heteroatoms. The third kappa shape index (κ3) is 2.11. The molecule has 0 aliphatic heterocycles. The van der Waals surface area contributed by atoms with Crippen molar-refractivity contribution in [2.75, 3.05) is 5.88 Å². The predicted molar refractivity (Wildman–Crippen MR) is 68.1 cm³/mol. The van der Waals surface area contributed by atoms with Gasteiger partial charge in [-0.1, -0.05) is 0 Å². The van der Waals surface area contributed by atoms with Crippen LogP contribution in [0.25, 0.3) is 5.69 Å². The van der Waals surface area contributed by atoms with Crippen LogP contribution in [0.5, 0.6) is 0 Å². The van der Waals surface area contributed by atoms with Gasteiger partial charge in [0.15, 0.2) is 5.78 Å². The van der Waals surface area contributed by atoms with Crippen molar-refractivity contribution in [2.45, 2.75) is 13.8 Å². The molecule has 0 atom stereocenters. The van der Waals surface area contributed by atoms with Gasteiger partial charge in [-0.25, -0.2) is 0 Å². The zero-order chi connectivity index (χ0) is 12.4. The van der Waals surface area contributed by atoms with Gasteiger partial charge in [0.1, 0.15) is 0 Å². The SMILES string of the molecule is Cc1cc(C(=O)CCl)c(C)n1-c1ccncc1. The minimum Gasteiger partial charge on any atom is -0.318 e. The lowest BCUT2D eigenvalue weighted by Crippen LogP contribution is -2.04. The van der Waals surface area contributed by atoms with E-state index in [0.29, 0.717) is 5.56 Å². The molecule has 17 heavy (non-hydrogen) atoms. The van der Waals surface area contributed by atoms with E-state index in [1.165, 1.54) is 0 Å². The molecule has 0 saturated carbocycles. The van der Waals surface area contributed by atoms with E-state index >= 15 is 0 Å². The first-order valence-electron chi connectivity index (χ1n) is 5.33. The highest BCUT2D eigenvalue weighted by molar-refractivity contribution is 6.30. The Labute approximate surface area is 105 Å². The third-order valence-electron chi connectivity index (χ3n) is 2.77. The average molecular weight is 249 g/mol. The van der Waals surface area contributed by atoms with Crippen LogP contribution in [0, 0.1) is 13.8 Å². The number of carbonyl (C=O) groups is 1. The summed E-state index contributed by atoms with van der Waals surface area (Å²) in [6, 6.07) is 5.70. The first-order chi connectivity index (χ1) is 8.15. The molecule has 3 nitrogen and oxygen atoms in total. The number of aromatic nitrogens is 2. The van der Waals surface area contributed by atoms with Crippen LogP contribution < -0.4 is 0 Å². The second-order valence-electron chi connectivity index (χ2n) is 3.88. The van der Waals surface area contributed by atoms with Gasteiger partial charge in [-0.15, -0.1) is 11.6 Å². The number of nitrogens with zero attached hydrogens (tertiary/aromatic N) is 2. The molecule has 0 amide bonds. The Morgan fingerprint density at radius 1 is 1.35 bits per heavy atom. The molecule has 0 fully saturated rings. The molecule has 2 aromatic heterocycles. The van der Waals surface area contributed by atoms with Gasteiger partial charge in [0.25, 0.3) is 0 Å². The summed E-state index contributed by atoms with van der Waals surface area (Å²) in [4.78, 5) is 15.7. The lowest BCUT2D eigenvalue weighted by molar-refractivity contribution is 0.102. The van der Waals surface area contributed by atoms with Crippen molar-refractivity contribution in [1.82, 2.24) is 9.55 Å². The molecule has 0 aliphatic rings. The molecule has 2 rings (SSSR count). The van der Waals surface area contributed by atoms with Gasteiger partial charge in [-0.05, 0) is 32.0 Å². The number of ketones is 1. The van der Waals surface area contributed by atoms with Crippen LogP contribution in [0.1, 0.15) is 21.7 Å². The van der Waals surface area contributed by atoms with Crippen LogP contribution >= 0.6 is 11.6 Å². The average Bonchev–Trinajstić information content (AvgIpc) is 2.65. The highest BCUT2D eigenvalue weighted by atomic mass is 35.5. The molecule has 0 aliphatic carbocycles. The highest BCUT2D eigenvalue weighted by Gasteiger charge is 2.15. The van der Waals surface area contributed by atoms with E-state index in [0.717, 1.165) is 17.1 Å². The number of Topliss-reactive ketones (excluding diaryl/α,β-unsaturated/α-hetero) is 1. The fraction of sp³-hybridized carbons (Fsp3) is 0.231. The molecular formula is C13H13ClN2O. The smallest absolute Gasteiger partial charge is 0.179 e. The number of aryl methyl sites for hydroxylation is 1. The largest absolute Gasteiger partial charge is 0.318 e. The molecule has 0 unspecified atom stereocenters. The standard InChI is InChI=1S/C13H13ClN2O/c1-9-7-12(13(17)8-14)10(2)16(9)11-3-5-15-6-4-11/h3-7H,8H2,1-2H3. The Kier molecular flexibility index (Phi) is 3.29. The zero-order valence-electron chi connectivity index (χ0n) is 9.77. The summed E-state index contributed by atoms with van der Waals surface area (Å²) in [5.41, 5.74) is 3.62. The van der Waals surface area contributed by atoms with Crippen LogP contribution in [0.3, 0.4) is 0 Å². The lowest BCUT2D eigenvalue weighted by atomic mass is 10.2. The van der Waals surface area contributed by atoms with Crippen LogP contribution in [0.4, 0.5) is 0 Å². The summed E-state index contributed by atoms with van der Waals surface area (Å²) in [6.07, 6.45) is 3.47. The molecular weight excluding hydrogens is 236 g/mol. The Hall–Kier alpha value is -1.61. The van der Waals surface area contributed by atoms with Crippen LogP contribution in [-0.2, 0) is 0 Å². The van der Waals surface area contributed by atoms with E-state index < -0.39 is 0 Å². The number of hydrogen-bond acceptors (Lipinski definition) is 2. The van der Waals surface area contributed by atoms with E-state index in [4.69, 9.17) is 11.6 Å². The molecule has 0 saturated heterocycles. The Bertz CT molecular complexity index is 546. The fourth-order valence-corrected chi connectivity index (χ4v) is 2.15. The van der Waals surface area contributed by atoms with Gasteiger partial charge in [0.05, 0.1) is 5.88 Å². The Morgan fingerprint density at radius 3 is 2.59 bits per heavy atom. The lowest BCUT2D eigenvalue weighted by Gasteiger charge is -2.08. The van der Waals surface area contributed by atoms with Crippen molar-refractivity contribution >= 4 is 17.4 Å². The summed E-state index contributed by atoms with van der Waals surface area (Å²) in [5.74, 6) is -0.0271. The first-order valence-corrected chi connectivity index (χ1v) is 5.87. The molecule has 0 bridgehead atoms. The molecule has 2 aromatic rings. The maximum absolute atomic E-state index is 11.7. The molecule has 0 aromatic carbocycles. The second kappa shape index (κ2) is 4.72. The fourth-order valence-electron chi connectivity index (χ4n) is 2.01. The van der Waals surface area contributed by atoms with Crippen LogP contribution in [-0.4, -0.2) is 21.2 Å². The molecule has 0 radical (unpaired) electrons. The topological polar surface area (TPSA) is 34.9 Å². The number of halogens is 1. The molecule has 88 valence electrons. The van der Waals surface area contributed by atoms with Gasteiger partial charge in [0.2, 0.25) is 0 Å². The highest BCUT2D eigenvalue weighted by Crippen LogP contribution is 2.20. The summed E-state index contributed by atoms with van der Waals surface area (Å²) in [5, 5.41) is 0. The first kappa shape index (κ1) is 11.9. The summed E-state index contributed by atoms with van der Waals surface area (Å²) >= 11 is 5.60. The summed E-state index contributed by atoms with van der Waals surface area (Å²) in [6.45, 7) is 3.89. The van der Waals surface area contributed by atoms with Crippen molar-refractivity contribution in [3.8, 4) is 5.69 Å². The number of pyridine rings is 1. The number of carbonyl (C=O) groups excluding carboxylic acids is 1. The van der Waals surface area contributed by atoms with Gasteiger partial charge in [-0.3, -0.25) is 9.78 Å².